The Balaban J connectivity index is 0.954. The molecule has 5 saturated heterocycles. The van der Waals surface area contributed by atoms with Gasteiger partial charge in [0.25, 0.3) is 0 Å². The number of hydrogen-bond donors (Lipinski definition) is 16. The van der Waals surface area contributed by atoms with Crippen LogP contribution in [0.15, 0.2) is 11.6 Å². The van der Waals surface area contributed by atoms with Gasteiger partial charge in [-0.25, -0.2) is 0 Å². The number of rotatable bonds is 14. The summed E-state index contributed by atoms with van der Waals surface area (Å²) in [6.07, 6.45) is -37.0. The normalized spacial score (nSPS) is 55.1. The first-order chi connectivity index (χ1) is 40.8. The highest BCUT2D eigenvalue weighted by atomic mass is 16.8. The number of aliphatic hydroxyl groups is 16. The average molecular weight is 1250 g/mol. The zero-order chi connectivity index (χ0) is 63.6. The van der Waals surface area contributed by atoms with Crippen LogP contribution in [0.4, 0.5) is 0 Å². The molecule has 0 bridgehead atoms. The highest BCUT2D eigenvalue weighted by molar-refractivity contribution is 5.80. The fourth-order valence-electron chi connectivity index (χ4n) is 17.5. The van der Waals surface area contributed by atoms with Crippen molar-refractivity contribution in [3.05, 3.63) is 11.6 Å². The molecule has 0 aromatic heterocycles. The minimum atomic E-state index is -2.12. The lowest BCUT2D eigenvalue weighted by atomic mass is 9.33. The maximum atomic E-state index is 15.9. The number of hydrogen-bond acceptors (Lipinski definition) is 28. The number of ether oxygens (including phenoxy) is 10. The second-order valence-electron chi connectivity index (χ2n) is 28.4. The Kier molecular flexibility index (Phi) is 19.5. The number of aldehydes is 1. The van der Waals surface area contributed by atoms with Gasteiger partial charge in [0, 0.05) is 0 Å². The zero-order valence-corrected chi connectivity index (χ0v) is 50.1. The van der Waals surface area contributed by atoms with Crippen LogP contribution in [-0.4, -0.2) is 280 Å². The first kappa shape index (κ1) is 67.8. The number of carbonyl (C=O) groups excluding carboxylic acids is 2. The first-order valence-corrected chi connectivity index (χ1v) is 30.7. The third kappa shape index (κ3) is 11.2. The molecule has 498 valence electrons. The molecule has 16 N–H and O–H groups in total. The summed E-state index contributed by atoms with van der Waals surface area (Å²) in [5.74, 6) is -1.99. The summed E-state index contributed by atoms with van der Waals surface area (Å²) < 4.78 is 59.8. The van der Waals surface area contributed by atoms with Gasteiger partial charge in [0.2, 0.25) is 6.29 Å². The van der Waals surface area contributed by atoms with Crippen LogP contribution in [-0.2, 0) is 57.0 Å². The van der Waals surface area contributed by atoms with Crippen molar-refractivity contribution in [2.75, 3.05) is 26.4 Å². The third-order valence-electron chi connectivity index (χ3n) is 23.1. The van der Waals surface area contributed by atoms with Crippen molar-refractivity contribution < 1.29 is 139 Å². The minimum Gasteiger partial charge on any atom is -0.432 e. The Morgan fingerprint density at radius 3 is 1.78 bits per heavy atom. The average Bonchev–Trinajstić information content (AvgIpc) is 0.704. The van der Waals surface area contributed by atoms with Crippen LogP contribution in [0, 0.1) is 50.2 Å². The molecule has 87 heavy (non-hydrogen) atoms. The van der Waals surface area contributed by atoms with Gasteiger partial charge in [-0.3, -0.25) is 4.79 Å². The first-order valence-electron chi connectivity index (χ1n) is 30.7. The molecule has 28 nitrogen and oxygen atoms in total. The van der Waals surface area contributed by atoms with E-state index in [0.717, 1.165) is 11.9 Å². The van der Waals surface area contributed by atoms with E-state index < -0.39 is 225 Å². The number of esters is 1. The molecule has 0 aromatic carbocycles. The summed E-state index contributed by atoms with van der Waals surface area (Å²) >= 11 is 0. The summed E-state index contributed by atoms with van der Waals surface area (Å²) in [6, 6.07) is 0. The predicted molar refractivity (Wildman–Crippen MR) is 290 cm³/mol. The van der Waals surface area contributed by atoms with Crippen molar-refractivity contribution in [1.29, 1.82) is 0 Å². The molecular weight excluding hydrogens is 1160 g/mol. The largest absolute Gasteiger partial charge is 0.432 e. The summed E-state index contributed by atoms with van der Waals surface area (Å²) in [4.78, 5) is 29.5. The summed E-state index contributed by atoms with van der Waals surface area (Å²) in [5.41, 5.74) is -4.11. The van der Waals surface area contributed by atoms with Gasteiger partial charge >= 0.3 is 5.97 Å². The van der Waals surface area contributed by atoms with Crippen molar-refractivity contribution in [2.24, 2.45) is 50.2 Å². The lowest BCUT2D eigenvalue weighted by molar-refractivity contribution is -0.382. The SMILES string of the molecule is CC1OC(OC2C(OC3C(OC(=O)C45CCC(C)(C)CC4C4=CCC6C7(C)CCC(OC8OC(CO)C(O)C(O)C8O)C(C)(C=O)C7CCC6(C)C4(C)CC5O)OC(COC4OC(CO)C(O)C(O)C4O)C(O)C3O)OCC(O)C2O)C(O)C(O)C1O. The van der Waals surface area contributed by atoms with Gasteiger partial charge in [-0.05, 0) is 104 Å². The second kappa shape index (κ2) is 25.0. The van der Waals surface area contributed by atoms with E-state index >= 15 is 4.79 Å². The van der Waals surface area contributed by atoms with Crippen LogP contribution in [0.3, 0.4) is 0 Å². The van der Waals surface area contributed by atoms with E-state index in [2.05, 4.69) is 40.7 Å². The van der Waals surface area contributed by atoms with Crippen LogP contribution in [0.25, 0.3) is 0 Å². The van der Waals surface area contributed by atoms with E-state index in [0.29, 0.717) is 44.9 Å². The summed E-state index contributed by atoms with van der Waals surface area (Å²) in [5, 5.41) is 175. The Morgan fingerprint density at radius 2 is 1.15 bits per heavy atom. The van der Waals surface area contributed by atoms with E-state index in [-0.39, 0.29) is 30.1 Å². The second-order valence-corrected chi connectivity index (χ2v) is 28.4. The van der Waals surface area contributed by atoms with Gasteiger partial charge in [-0.2, -0.15) is 0 Å². The summed E-state index contributed by atoms with van der Waals surface area (Å²) in [6.45, 7) is 11.1. The fraction of sp³-hybridized carbons (Fsp3) is 0.932. The van der Waals surface area contributed by atoms with Gasteiger partial charge in [-0.1, -0.05) is 53.2 Å². The smallest absolute Gasteiger partial charge is 0.317 e. The quantitative estimate of drug-likeness (QED) is 0.0338. The fourth-order valence-corrected chi connectivity index (χ4v) is 17.5. The van der Waals surface area contributed by atoms with Gasteiger partial charge < -0.3 is 134 Å². The van der Waals surface area contributed by atoms with Gasteiger partial charge in [0.05, 0.1) is 50.2 Å². The zero-order valence-electron chi connectivity index (χ0n) is 50.1. The van der Waals surface area contributed by atoms with Crippen molar-refractivity contribution >= 4 is 12.3 Å². The van der Waals surface area contributed by atoms with Crippen LogP contribution < -0.4 is 0 Å². The Hall–Kier alpha value is -2.12. The maximum Gasteiger partial charge on any atom is 0.317 e. The molecule has 5 aliphatic heterocycles. The van der Waals surface area contributed by atoms with E-state index in [1.165, 1.54) is 6.92 Å². The van der Waals surface area contributed by atoms with Crippen molar-refractivity contribution in [3.63, 3.8) is 0 Å². The van der Waals surface area contributed by atoms with E-state index in [4.69, 9.17) is 47.4 Å². The number of allylic oxidation sites excluding steroid dienone is 2. The predicted octanol–water partition coefficient (Wildman–Crippen LogP) is -4.39. The van der Waals surface area contributed by atoms with Crippen molar-refractivity contribution in [1.82, 2.24) is 0 Å². The number of aliphatic hydroxyl groups excluding tert-OH is 16. The van der Waals surface area contributed by atoms with Gasteiger partial charge in [0.15, 0.2) is 31.3 Å². The van der Waals surface area contributed by atoms with Crippen LogP contribution >= 0.6 is 0 Å². The van der Waals surface area contributed by atoms with Crippen molar-refractivity contribution in [3.8, 4) is 0 Å². The van der Waals surface area contributed by atoms with Crippen LogP contribution in [0.1, 0.15) is 106 Å². The lowest BCUT2D eigenvalue weighted by Gasteiger charge is -2.71. The molecule has 0 aromatic rings. The molecule has 0 amide bonds. The van der Waals surface area contributed by atoms with Crippen LogP contribution in [0.2, 0.25) is 0 Å². The lowest BCUT2D eigenvalue weighted by Crippen LogP contribution is -2.69. The molecule has 0 spiro atoms. The number of fused-ring (bicyclic) bond motifs is 7. The molecule has 34 atom stereocenters. The monoisotopic (exact) mass is 1250 g/mol. The molecule has 5 heterocycles. The van der Waals surface area contributed by atoms with Gasteiger partial charge in [0.1, 0.15) is 115 Å². The van der Waals surface area contributed by atoms with Crippen molar-refractivity contribution in [2.45, 2.75) is 266 Å². The molecule has 10 aliphatic rings. The molecule has 4 saturated carbocycles. The maximum absolute atomic E-state index is 15.9. The highest BCUT2D eigenvalue weighted by Crippen LogP contribution is 2.76. The Bertz CT molecular complexity index is 2450. The third-order valence-corrected chi connectivity index (χ3v) is 23.1. The topological polar surface area (TPSA) is 450 Å². The minimum absolute atomic E-state index is 0.0728. The molecule has 34 unspecified atom stereocenters. The Labute approximate surface area is 503 Å². The highest BCUT2D eigenvalue weighted by Gasteiger charge is 2.73. The van der Waals surface area contributed by atoms with E-state index in [1.807, 2.05) is 6.92 Å². The number of carbonyl (C=O) groups is 2. The van der Waals surface area contributed by atoms with E-state index in [1.54, 1.807) is 0 Å². The summed E-state index contributed by atoms with van der Waals surface area (Å²) in [7, 11) is 0. The molecule has 0 radical (unpaired) electrons. The molecular formula is C59H94O28. The standard InChI is InChI=1S/C59H94O28/c1-23-34(65)39(70)44(75)49(80-23)85-46-35(66)26(63)20-78-51(46)86-47-42(73)38(69)29(21-79-48-43(74)40(71)36(67)27(18-60)81-48)83-52(47)87-53(77)59-15-14-54(2,3)16-25(59)24-8-9-31-55(4)12-11-33(84-50-45(76)41(72)37(68)28(19-61)82-50)56(5,22-62)30(55)10-13-57(31,6)58(24,7)17-32(59)64/h8,22-23,25-52,60-61,63-76H,9-21H2,1-7H3. The van der Waals surface area contributed by atoms with Gasteiger partial charge in [-0.15, -0.1) is 0 Å². The molecule has 10 rings (SSSR count). The molecule has 28 heteroatoms. The van der Waals surface area contributed by atoms with Crippen LogP contribution in [0.5, 0.6) is 0 Å². The Morgan fingerprint density at radius 1 is 0.586 bits per heavy atom. The molecule has 9 fully saturated rings. The van der Waals surface area contributed by atoms with E-state index in [9.17, 15) is 86.5 Å². The molecule has 5 aliphatic carbocycles.